The fourth-order valence-electron chi connectivity index (χ4n) is 1.61. The fraction of sp³-hybridized carbons (Fsp3) is 0.231. The minimum atomic E-state index is -0.110. The number of aryl methyl sites for hydroxylation is 2. The van der Waals surface area contributed by atoms with E-state index in [0.29, 0.717) is 4.88 Å². The van der Waals surface area contributed by atoms with Crippen LogP contribution in [0.3, 0.4) is 0 Å². The molecule has 1 amide bonds. The summed E-state index contributed by atoms with van der Waals surface area (Å²) in [7, 11) is 1.79. The molecule has 1 aromatic heterocycles. The van der Waals surface area contributed by atoms with Gasteiger partial charge < -0.3 is 10.6 Å². The molecule has 94 valence electrons. The summed E-state index contributed by atoms with van der Waals surface area (Å²) in [5.74, 6) is -0.110. The number of hydrogen-bond acceptors (Lipinski definition) is 4. The van der Waals surface area contributed by atoms with Crippen molar-refractivity contribution in [1.82, 2.24) is 4.98 Å². The van der Waals surface area contributed by atoms with Crippen LogP contribution < -0.4 is 10.6 Å². The van der Waals surface area contributed by atoms with E-state index < -0.39 is 0 Å². The largest absolute Gasteiger partial charge is 0.365 e. The van der Waals surface area contributed by atoms with Gasteiger partial charge in [0, 0.05) is 12.7 Å². The quantitative estimate of drug-likeness (QED) is 0.892. The highest BCUT2D eigenvalue weighted by molar-refractivity contribution is 7.17. The second-order valence-corrected chi connectivity index (χ2v) is 4.95. The number of aromatic nitrogens is 1. The maximum Gasteiger partial charge on any atom is 0.267 e. The van der Waals surface area contributed by atoms with Crippen LogP contribution >= 0.6 is 11.3 Å². The number of thiazole rings is 1. The van der Waals surface area contributed by atoms with Crippen molar-refractivity contribution in [3.8, 4) is 0 Å². The number of amides is 1. The summed E-state index contributed by atoms with van der Waals surface area (Å²) in [4.78, 5) is 17.1. The lowest BCUT2D eigenvalue weighted by atomic mass is 10.2. The highest BCUT2D eigenvalue weighted by Gasteiger charge is 2.15. The molecule has 0 saturated heterocycles. The summed E-state index contributed by atoms with van der Waals surface area (Å²) in [5.41, 5.74) is 2.62. The summed E-state index contributed by atoms with van der Waals surface area (Å²) in [6.07, 6.45) is 0. The first-order chi connectivity index (χ1) is 8.61. The molecule has 0 radical (unpaired) electrons. The predicted octanol–water partition coefficient (Wildman–Crippen LogP) is 3.05. The Bertz CT molecular complexity index is 577. The van der Waals surface area contributed by atoms with Gasteiger partial charge in [-0.15, -0.1) is 0 Å². The standard InChI is InChI=1S/C13H15N3OS/c1-8-6-4-5-7-10(8)16-12(17)11-9(2)15-13(14-3)18-11/h4-7H,1-3H3,(H,14,15)(H,16,17). The molecule has 0 aliphatic rings. The molecule has 0 aliphatic carbocycles. The topological polar surface area (TPSA) is 54.0 Å². The maximum atomic E-state index is 12.1. The van der Waals surface area contributed by atoms with Crippen molar-refractivity contribution in [2.24, 2.45) is 0 Å². The van der Waals surface area contributed by atoms with Crippen LogP contribution in [0.4, 0.5) is 10.8 Å². The molecule has 1 heterocycles. The molecule has 0 atom stereocenters. The molecule has 0 spiro atoms. The van der Waals surface area contributed by atoms with E-state index in [1.54, 1.807) is 7.05 Å². The molecular formula is C13H15N3OS. The molecule has 2 aromatic rings. The molecule has 1 aromatic carbocycles. The Morgan fingerprint density at radius 2 is 2.00 bits per heavy atom. The monoisotopic (exact) mass is 261 g/mol. The Morgan fingerprint density at radius 1 is 1.28 bits per heavy atom. The molecule has 0 saturated carbocycles. The van der Waals surface area contributed by atoms with Gasteiger partial charge in [-0.05, 0) is 25.5 Å². The van der Waals surface area contributed by atoms with Crippen LogP contribution in [-0.2, 0) is 0 Å². The van der Waals surface area contributed by atoms with Gasteiger partial charge in [-0.1, -0.05) is 29.5 Å². The molecule has 0 fully saturated rings. The maximum absolute atomic E-state index is 12.1. The third-order valence-corrected chi connectivity index (χ3v) is 3.78. The minimum Gasteiger partial charge on any atom is -0.365 e. The van der Waals surface area contributed by atoms with E-state index in [9.17, 15) is 4.79 Å². The van der Waals surface area contributed by atoms with Crippen molar-refractivity contribution < 1.29 is 4.79 Å². The molecule has 4 nitrogen and oxygen atoms in total. The number of rotatable bonds is 3. The Labute approximate surface area is 110 Å². The average molecular weight is 261 g/mol. The highest BCUT2D eigenvalue weighted by atomic mass is 32.1. The number of nitrogens with zero attached hydrogens (tertiary/aromatic N) is 1. The van der Waals surface area contributed by atoms with E-state index in [1.807, 2.05) is 38.1 Å². The zero-order valence-electron chi connectivity index (χ0n) is 10.6. The van der Waals surface area contributed by atoms with Crippen molar-refractivity contribution in [3.63, 3.8) is 0 Å². The first-order valence-corrected chi connectivity index (χ1v) is 6.45. The molecule has 0 aliphatic heterocycles. The SMILES string of the molecule is CNc1nc(C)c(C(=O)Nc2ccccc2C)s1. The Morgan fingerprint density at radius 3 is 2.61 bits per heavy atom. The van der Waals surface area contributed by atoms with Gasteiger partial charge in [-0.2, -0.15) is 0 Å². The summed E-state index contributed by atoms with van der Waals surface area (Å²) in [6.45, 7) is 3.80. The molecule has 5 heteroatoms. The fourth-order valence-corrected chi connectivity index (χ4v) is 2.42. The van der Waals surface area contributed by atoms with Crippen molar-refractivity contribution in [2.75, 3.05) is 17.7 Å². The summed E-state index contributed by atoms with van der Waals surface area (Å²) in [5, 5.41) is 6.61. The van der Waals surface area contributed by atoms with Gasteiger partial charge in [0.25, 0.3) is 5.91 Å². The van der Waals surface area contributed by atoms with E-state index in [4.69, 9.17) is 0 Å². The molecule has 2 N–H and O–H groups in total. The van der Waals surface area contributed by atoms with Crippen molar-refractivity contribution >= 4 is 28.1 Å². The van der Waals surface area contributed by atoms with Crippen LogP contribution in [0.1, 0.15) is 20.9 Å². The lowest BCUT2D eigenvalue weighted by Gasteiger charge is -2.06. The van der Waals surface area contributed by atoms with Crippen molar-refractivity contribution in [1.29, 1.82) is 0 Å². The number of para-hydroxylation sites is 1. The van der Waals surface area contributed by atoms with Gasteiger partial charge in [0.1, 0.15) is 4.88 Å². The Hall–Kier alpha value is -1.88. The summed E-state index contributed by atoms with van der Waals surface area (Å²) >= 11 is 1.36. The Kier molecular flexibility index (Phi) is 3.62. The van der Waals surface area contributed by atoms with Crippen LogP contribution in [0.2, 0.25) is 0 Å². The van der Waals surface area contributed by atoms with Gasteiger partial charge in [-0.3, -0.25) is 4.79 Å². The van der Waals surface area contributed by atoms with E-state index >= 15 is 0 Å². The summed E-state index contributed by atoms with van der Waals surface area (Å²) in [6, 6.07) is 7.71. The minimum absolute atomic E-state index is 0.110. The predicted molar refractivity (Wildman–Crippen MR) is 75.5 cm³/mol. The second kappa shape index (κ2) is 5.18. The summed E-state index contributed by atoms with van der Waals surface area (Å²) < 4.78 is 0. The molecular weight excluding hydrogens is 246 g/mol. The number of nitrogens with one attached hydrogen (secondary N) is 2. The molecule has 0 unspecified atom stereocenters. The van der Waals surface area contributed by atoms with Crippen molar-refractivity contribution in [3.05, 3.63) is 40.4 Å². The van der Waals surface area contributed by atoms with E-state index in [2.05, 4.69) is 15.6 Å². The normalized spacial score (nSPS) is 10.2. The number of anilines is 2. The lowest BCUT2D eigenvalue weighted by Crippen LogP contribution is -2.12. The van der Waals surface area contributed by atoms with Crippen LogP contribution in [0.15, 0.2) is 24.3 Å². The molecule has 18 heavy (non-hydrogen) atoms. The van der Waals surface area contributed by atoms with Gasteiger partial charge >= 0.3 is 0 Å². The third kappa shape index (κ3) is 2.51. The first kappa shape index (κ1) is 12.6. The second-order valence-electron chi connectivity index (χ2n) is 3.95. The molecule has 0 bridgehead atoms. The van der Waals surface area contributed by atoms with Crippen LogP contribution in [0.5, 0.6) is 0 Å². The Balaban J connectivity index is 2.22. The van der Waals surface area contributed by atoms with Crippen LogP contribution in [0.25, 0.3) is 0 Å². The van der Waals surface area contributed by atoms with Gasteiger partial charge in [0.15, 0.2) is 5.13 Å². The number of hydrogen-bond donors (Lipinski definition) is 2. The van der Waals surface area contributed by atoms with E-state index in [-0.39, 0.29) is 5.91 Å². The lowest BCUT2D eigenvalue weighted by molar-refractivity contribution is 0.102. The average Bonchev–Trinajstić information content (AvgIpc) is 2.73. The van der Waals surface area contributed by atoms with Crippen LogP contribution in [0, 0.1) is 13.8 Å². The van der Waals surface area contributed by atoms with Gasteiger partial charge in [-0.25, -0.2) is 4.98 Å². The number of carbonyl (C=O) groups is 1. The van der Waals surface area contributed by atoms with Crippen molar-refractivity contribution in [2.45, 2.75) is 13.8 Å². The smallest absolute Gasteiger partial charge is 0.267 e. The first-order valence-electron chi connectivity index (χ1n) is 5.64. The third-order valence-electron chi connectivity index (χ3n) is 2.61. The van der Waals surface area contributed by atoms with Gasteiger partial charge in [0.05, 0.1) is 5.69 Å². The number of carbonyl (C=O) groups excluding carboxylic acids is 1. The number of benzene rings is 1. The molecule has 2 rings (SSSR count). The van der Waals surface area contributed by atoms with Gasteiger partial charge in [0.2, 0.25) is 0 Å². The zero-order chi connectivity index (χ0) is 13.1. The van der Waals surface area contributed by atoms with E-state index in [1.165, 1.54) is 11.3 Å². The van der Waals surface area contributed by atoms with Crippen LogP contribution in [-0.4, -0.2) is 17.9 Å². The van der Waals surface area contributed by atoms with E-state index in [0.717, 1.165) is 22.1 Å². The zero-order valence-corrected chi connectivity index (χ0v) is 11.4. The highest BCUT2D eigenvalue weighted by Crippen LogP contribution is 2.23.